The minimum Gasteiger partial charge on any atom is -1.00 e. The van der Waals surface area contributed by atoms with Crippen LogP contribution in [0.25, 0.3) is 0 Å². The molecule has 0 spiro atoms. The number of rotatable bonds is 10. The van der Waals surface area contributed by atoms with Crippen molar-refractivity contribution in [2.45, 2.75) is 38.5 Å². The maximum atomic E-state index is 2.33. The molecule has 142 valence electrons. The highest BCUT2D eigenvalue weighted by Gasteiger charge is 2.08. The summed E-state index contributed by atoms with van der Waals surface area (Å²) in [6.07, 6.45) is 7.74. The second-order valence-electron chi connectivity index (χ2n) is 8.71. The molecule has 0 bridgehead atoms. The summed E-state index contributed by atoms with van der Waals surface area (Å²) in [5.41, 5.74) is 3.16. The molecule has 0 aliphatic carbocycles. The van der Waals surface area contributed by atoms with Crippen LogP contribution in [-0.4, -0.2) is 64.3 Å². The van der Waals surface area contributed by atoms with Gasteiger partial charge in [0.25, 0.3) is 0 Å². The normalized spacial score (nSPS) is 11.6. The van der Waals surface area contributed by atoms with E-state index in [0.29, 0.717) is 0 Å². The molecule has 0 aromatic heterocycles. The van der Waals surface area contributed by atoms with E-state index in [4.69, 9.17) is 0 Å². The second kappa shape index (κ2) is 12.9. The highest BCUT2D eigenvalue weighted by atomic mass is 127. The number of nitrogens with zero attached hydrogens (tertiary/aromatic N) is 2. The maximum absolute atomic E-state index is 2.33. The molecule has 4 heteroatoms. The molecule has 1 aromatic carbocycles. The Morgan fingerprint density at radius 1 is 0.583 bits per heavy atom. The van der Waals surface area contributed by atoms with Crippen LogP contribution in [0.15, 0.2) is 24.3 Å². The van der Waals surface area contributed by atoms with Gasteiger partial charge in [-0.05, 0) is 49.7 Å². The zero-order valence-corrected chi connectivity index (χ0v) is 20.9. The molecule has 0 saturated carbocycles. The molecule has 0 heterocycles. The predicted octanol–water partition coefficient (Wildman–Crippen LogP) is -2.25. The van der Waals surface area contributed by atoms with Crippen LogP contribution in [0.1, 0.15) is 36.8 Å². The molecule has 0 aliphatic heterocycles. The minimum absolute atomic E-state index is 0. The lowest BCUT2D eigenvalue weighted by Gasteiger charge is -2.24. The molecule has 0 unspecified atom stereocenters. The van der Waals surface area contributed by atoms with Crippen LogP contribution in [0, 0.1) is 0 Å². The number of unbranched alkanes of at least 4 members (excludes halogenated alkanes) is 2. The molecule has 0 aliphatic rings. The van der Waals surface area contributed by atoms with Gasteiger partial charge in [-0.2, -0.15) is 0 Å². The van der Waals surface area contributed by atoms with Gasteiger partial charge in [0.1, 0.15) is 0 Å². The highest BCUT2D eigenvalue weighted by Crippen LogP contribution is 2.15. The summed E-state index contributed by atoms with van der Waals surface area (Å²) in [6.45, 7) is 2.54. The van der Waals surface area contributed by atoms with E-state index in [1.54, 1.807) is 11.1 Å². The van der Waals surface area contributed by atoms with Gasteiger partial charge in [0.2, 0.25) is 0 Å². The van der Waals surface area contributed by atoms with Gasteiger partial charge < -0.3 is 56.9 Å². The Kier molecular flexibility index (Phi) is 14.4. The smallest absolute Gasteiger partial charge is 0.0780 e. The lowest BCUT2D eigenvalue weighted by atomic mass is 9.97. The van der Waals surface area contributed by atoms with Gasteiger partial charge >= 0.3 is 0 Å². The zero-order valence-electron chi connectivity index (χ0n) is 16.6. The molecule has 0 amide bonds. The Bertz CT molecular complexity index is 393. The summed E-state index contributed by atoms with van der Waals surface area (Å²) >= 11 is 0. The Hall–Kier alpha value is 0.600. The van der Waals surface area contributed by atoms with E-state index in [1.807, 2.05) is 0 Å². The summed E-state index contributed by atoms with van der Waals surface area (Å²) in [7, 11) is 13.7. The Morgan fingerprint density at radius 3 is 1.21 bits per heavy atom. The Balaban J connectivity index is 0. The van der Waals surface area contributed by atoms with Gasteiger partial charge in [0.15, 0.2) is 0 Å². The molecule has 24 heavy (non-hydrogen) atoms. The van der Waals surface area contributed by atoms with Gasteiger partial charge in [0, 0.05) is 0 Å². The summed E-state index contributed by atoms with van der Waals surface area (Å²) in [5, 5.41) is 0. The fourth-order valence-electron chi connectivity index (χ4n) is 2.85. The maximum Gasteiger partial charge on any atom is 0.0780 e. The molecular formula is C20H38I2N2. The first kappa shape index (κ1) is 26.8. The third-order valence-electron chi connectivity index (χ3n) is 4.17. The number of halogens is 2. The molecular weight excluding hydrogens is 522 g/mol. The molecule has 0 fully saturated rings. The number of quaternary nitrogens is 2. The van der Waals surface area contributed by atoms with Gasteiger partial charge in [0.05, 0.1) is 55.4 Å². The lowest BCUT2D eigenvalue weighted by Crippen LogP contribution is -3.00. The standard InChI is InChI=1S/C20H38N2.2HI/c1-21(2,3)17-11-9-15-19-13-7-8-14-20(19)16-10-12-18-22(4,5)6;;/h7-8,13-14H,9-12,15-18H2,1-6H3;2*1H/q+2;;/p-2. The van der Waals surface area contributed by atoms with E-state index >= 15 is 0 Å². The number of aryl methyl sites for hydroxylation is 2. The van der Waals surface area contributed by atoms with Gasteiger partial charge in [-0.15, -0.1) is 0 Å². The van der Waals surface area contributed by atoms with E-state index in [2.05, 4.69) is 66.6 Å². The largest absolute Gasteiger partial charge is 1.00 e. The highest BCUT2D eigenvalue weighted by molar-refractivity contribution is 5.27. The van der Waals surface area contributed by atoms with Crippen molar-refractivity contribution in [2.24, 2.45) is 0 Å². The zero-order chi connectivity index (χ0) is 16.6. The third-order valence-corrected chi connectivity index (χ3v) is 4.17. The first-order valence-electron chi connectivity index (χ1n) is 8.85. The molecule has 2 nitrogen and oxygen atoms in total. The molecule has 0 N–H and O–H groups in total. The van der Waals surface area contributed by atoms with Crippen molar-refractivity contribution in [3.05, 3.63) is 35.4 Å². The van der Waals surface area contributed by atoms with Crippen LogP contribution < -0.4 is 48.0 Å². The van der Waals surface area contributed by atoms with E-state index in [0.717, 1.165) is 8.97 Å². The molecule has 0 radical (unpaired) electrons. The summed E-state index contributed by atoms with van der Waals surface area (Å²) < 4.78 is 2.15. The van der Waals surface area contributed by atoms with Crippen molar-refractivity contribution < 1.29 is 56.9 Å². The quantitative estimate of drug-likeness (QED) is 0.173. The SMILES string of the molecule is C[N+](C)(C)CCCCc1ccccc1CCCC[N+](C)(C)C.[I-].[I-]. The van der Waals surface area contributed by atoms with Crippen molar-refractivity contribution >= 4 is 0 Å². The van der Waals surface area contributed by atoms with Crippen molar-refractivity contribution in [1.82, 2.24) is 0 Å². The van der Waals surface area contributed by atoms with Crippen LogP contribution in [0.3, 0.4) is 0 Å². The fraction of sp³-hybridized carbons (Fsp3) is 0.700. The van der Waals surface area contributed by atoms with Crippen LogP contribution in [-0.2, 0) is 12.8 Å². The van der Waals surface area contributed by atoms with E-state index < -0.39 is 0 Å². The van der Waals surface area contributed by atoms with Gasteiger partial charge in [-0.25, -0.2) is 0 Å². The van der Waals surface area contributed by atoms with Crippen LogP contribution >= 0.6 is 0 Å². The summed E-state index contributed by atoms with van der Waals surface area (Å²) in [4.78, 5) is 0. The van der Waals surface area contributed by atoms with E-state index in [1.165, 1.54) is 51.6 Å². The topological polar surface area (TPSA) is 0 Å². The van der Waals surface area contributed by atoms with Crippen LogP contribution in [0.4, 0.5) is 0 Å². The summed E-state index contributed by atoms with van der Waals surface area (Å²) in [6, 6.07) is 9.07. The third kappa shape index (κ3) is 13.8. The molecule has 1 rings (SSSR count). The fourth-order valence-corrected chi connectivity index (χ4v) is 2.85. The average Bonchev–Trinajstić information content (AvgIpc) is 2.39. The molecule has 1 aromatic rings. The second-order valence-corrected chi connectivity index (χ2v) is 8.71. The van der Waals surface area contributed by atoms with Crippen molar-refractivity contribution in [3.63, 3.8) is 0 Å². The first-order chi connectivity index (χ1) is 10.2. The average molecular weight is 560 g/mol. The summed E-state index contributed by atoms with van der Waals surface area (Å²) in [5.74, 6) is 0. The number of hydrogen-bond donors (Lipinski definition) is 0. The molecule has 0 saturated heterocycles. The Labute approximate surface area is 185 Å². The Morgan fingerprint density at radius 2 is 0.917 bits per heavy atom. The number of hydrogen-bond acceptors (Lipinski definition) is 0. The minimum atomic E-state index is 0. The first-order valence-corrected chi connectivity index (χ1v) is 8.85. The van der Waals surface area contributed by atoms with Crippen LogP contribution in [0.5, 0.6) is 0 Å². The predicted molar refractivity (Wildman–Crippen MR) is 98.1 cm³/mol. The number of benzene rings is 1. The lowest BCUT2D eigenvalue weighted by molar-refractivity contribution is -0.870. The molecule has 0 atom stereocenters. The van der Waals surface area contributed by atoms with Crippen molar-refractivity contribution in [3.8, 4) is 0 Å². The van der Waals surface area contributed by atoms with Crippen LogP contribution in [0.2, 0.25) is 0 Å². The monoisotopic (exact) mass is 560 g/mol. The van der Waals surface area contributed by atoms with Gasteiger partial charge in [-0.3, -0.25) is 0 Å². The van der Waals surface area contributed by atoms with E-state index in [-0.39, 0.29) is 48.0 Å². The van der Waals surface area contributed by atoms with E-state index in [9.17, 15) is 0 Å². The van der Waals surface area contributed by atoms with Crippen molar-refractivity contribution in [2.75, 3.05) is 55.4 Å². The van der Waals surface area contributed by atoms with Crippen molar-refractivity contribution in [1.29, 1.82) is 0 Å². The van der Waals surface area contributed by atoms with Gasteiger partial charge in [-0.1, -0.05) is 24.3 Å².